The summed E-state index contributed by atoms with van der Waals surface area (Å²) in [5, 5.41) is 5.52. The van der Waals surface area contributed by atoms with E-state index in [0.717, 1.165) is 11.1 Å². The number of carbonyl (C=O) groups is 4. The first-order chi connectivity index (χ1) is 16.7. The van der Waals surface area contributed by atoms with Crippen molar-refractivity contribution in [2.45, 2.75) is 50.8 Å². The molecule has 4 rings (SSSR count). The number of hydrogen-bond acceptors (Lipinski definition) is 5. The molecule has 3 atom stereocenters. The van der Waals surface area contributed by atoms with Gasteiger partial charge in [0, 0.05) is 12.2 Å². The average Bonchev–Trinajstić information content (AvgIpc) is 3.36. The van der Waals surface area contributed by atoms with Crippen LogP contribution < -0.4 is 16.4 Å². The lowest BCUT2D eigenvalue weighted by Gasteiger charge is -2.29. The molecular weight excluding hydrogens is 448 g/mol. The number of fused-ring (bicyclic) bond motifs is 2. The van der Waals surface area contributed by atoms with E-state index in [9.17, 15) is 19.2 Å². The molecule has 2 aliphatic rings. The molecule has 4 N–H and O–H groups in total. The van der Waals surface area contributed by atoms with E-state index in [2.05, 4.69) is 10.6 Å². The Bertz CT molecular complexity index is 1140. The van der Waals surface area contributed by atoms with Crippen molar-refractivity contribution in [1.82, 2.24) is 10.2 Å². The minimum atomic E-state index is -1.07. The molecule has 2 aromatic rings. The molecule has 9 nitrogen and oxygen atoms in total. The number of benzene rings is 2. The molecule has 2 aliphatic heterocycles. The summed E-state index contributed by atoms with van der Waals surface area (Å²) in [6.45, 7) is 3.91. The fourth-order valence-corrected chi connectivity index (χ4v) is 4.92. The van der Waals surface area contributed by atoms with Crippen molar-refractivity contribution in [2.24, 2.45) is 11.7 Å². The van der Waals surface area contributed by atoms with Crippen LogP contribution >= 0.6 is 0 Å². The number of nitrogens with two attached hydrogens (primary N) is 1. The Balaban J connectivity index is 1.54. The van der Waals surface area contributed by atoms with E-state index in [1.807, 2.05) is 62.4 Å². The van der Waals surface area contributed by atoms with Gasteiger partial charge in [0.05, 0.1) is 5.41 Å². The van der Waals surface area contributed by atoms with Crippen LogP contribution in [0, 0.1) is 5.92 Å². The van der Waals surface area contributed by atoms with Crippen LogP contribution in [0.1, 0.15) is 37.8 Å². The van der Waals surface area contributed by atoms with Crippen molar-refractivity contribution in [3.63, 3.8) is 0 Å². The van der Waals surface area contributed by atoms with Crippen molar-refractivity contribution < 1.29 is 23.9 Å². The van der Waals surface area contributed by atoms with Gasteiger partial charge in [0.1, 0.15) is 18.7 Å². The van der Waals surface area contributed by atoms with Crippen molar-refractivity contribution in [3.05, 3.63) is 65.7 Å². The van der Waals surface area contributed by atoms with E-state index in [1.54, 1.807) is 6.07 Å². The van der Waals surface area contributed by atoms with E-state index >= 15 is 0 Å². The molecule has 0 unspecified atom stereocenters. The monoisotopic (exact) mass is 478 g/mol. The average molecular weight is 479 g/mol. The summed E-state index contributed by atoms with van der Waals surface area (Å²) in [5.41, 5.74) is 6.83. The van der Waals surface area contributed by atoms with Crippen molar-refractivity contribution in [1.29, 1.82) is 0 Å². The van der Waals surface area contributed by atoms with E-state index in [0.29, 0.717) is 12.1 Å². The van der Waals surface area contributed by atoms with Crippen LogP contribution in [-0.4, -0.2) is 47.3 Å². The predicted octanol–water partition coefficient (Wildman–Crippen LogP) is 2.30. The van der Waals surface area contributed by atoms with Crippen molar-refractivity contribution in [2.75, 3.05) is 11.9 Å². The highest BCUT2D eigenvalue weighted by Crippen LogP contribution is 2.46. The molecule has 1 fully saturated rings. The SMILES string of the molecule is CC(C)C[C@H](NC(=O)OCc1ccccc1)C(=O)N1C[C@]2(C[C@H]1C(N)=O)C(=O)Nc1ccccc12. The highest BCUT2D eigenvalue weighted by molar-refractivity contribution is 6.08. The topological polar surface area (TPSA) is 131 Å². The van der Waals surface area contributed by atoms with E-state index in [4.69, 9.17) is 10.5 Å². The maximum atomic E-state index is 13.7. The smallest absolute Gasteiger partial charge is 0.408 e. The molecule has 0 radical (unpaired) electrons. The number of carbonyl (C=O) groups excluding carboxylic acids is 4. The third-order valence-electron chi connectivity index (χ3n) is 6.61. The van der Waals surface area contributed by atoms with E-state index in [-0.39, 0.29) is 31.4 Å². The number of primary amides is 1. The molecule has 0 bridgehead atoms. The Morgan fingerprint density at radius 2 is 1.83 bits per heavy atom. The number of para-hydroxylation sites is 1. The number of anilines is 1. The lowest BCUT2D eigenvalue weighted by atomic mass is 9.79. The van der Waals surface area contributed by atoms with Crippen LogP contribution in [0.15, 0.2) is 54.6 Å². The first-order valence-corrected chi connectivity index (χ1v) is 11.7. The summed E-state index contributed by atoms with van der Waals surface area (Å²) in [5.74, 6) is -1.36. The first-order valence-electron chi connectivity index (χ1n) is 11.7. The maximum Gasteiger partial charge on any atom is 0.408 e. The minimum absolute atomic E-state index is 0.00236. The van der Waals surface area contributed by atoms with Crippen LogP contribution in [0.4, 0.5) is 10.5 Å². The molecule has 2 heterocycles. The predicted molar refractivity (Wildman–Crippen MR) is 129 cm³/mol. The summed E-state index contributed by atoms with van der Waals surface area (Å²) >= 11 is 0. The Morgan fingerprint density at radius 1 is 1.14 bits per heavy atom. The van der Waals surface area contributed by atoms with Gasteiger partial charge >= 0.3 is 6.09 Å². The van der Waals surface area contributed by atoms with Gasteiger partial charge in [0.15, 0.2) is 0 Å². The van der Waals surface area contributed by atoms with Crippen molar-refractivity contribution >= 4 is 29.5 Å². The molecular formula is C26H30N4O5. The van der Waals surface area contributed by atoms with E-state index < -0.39 is 35.4 Å². The van der Waals surface area contributed by atoms with Gasteiger partial charge in [-0.3, -0.25) is 14.4 Å². The zero-order valence-corrected chi connectivity index (χ0v) is 19.8. The molecule has 0 aliphatic carbocycles. The van der Waals surface area contributed by atoms with Gasteiger partial charge in [-0.05, 0) is 36.0 Å². The van der Waals surface area contributed by atoms with Crippen molar-refractivity contribution in [3.8, 4) is 0 Å². The summed E-state index contributed by atoms with van der Waals surface area (Å²) in [6, 6.07) is 14.5. The number of ether oxygens (including phenoxy) is 1. The van der Waals surface area contributed by atoms with Gasteiger partial charge in [-0.2, -0.15) is 0 Å². The number of amides is 4. The second kappa shape index (κ2) is 9.77. The number of hydrogen-bond donors (Lipinski definition) is 3. The standard InChI is InChI=1S/C26H30N4O5/c1-16(2)12-20(29-25(34)35-14-17-8-4-3-5-9-17)23(32)30-15-26(13-21(30)22(27)31)18-10-6-7-11-19(18)28-24(26)33/h3-11,16,20-21H,12-15H2,1-2H3,(H2,27,31)(H,28,33)(H,29,34)/t20-,21-,26-/m0/s1. The quantitative estimate of drug-likeness (QED) is 0.562. The summed E-state index contributed by atoms with van der Waals surface area (Å²) in [4.78, 5) is 53.0. The van der Waals surface area contributed by atoms with Gasteiger partial charge in [0.2, 0.25) is 17.7 Å². The van der Waals surface area contributed by atoms with Gasteiger partial charge < -0.3 is 26.0 Å². The lowest BCUT2D eigenvalue weighted by Crippen LogP contribution is -2.53. The molecule has 2 aromatic carbocycles. The van der Waals surface area contributed by atoms with Gasteiger partial charge in [-0.1, -0.05) is 62.4 Å². The van der Waals surface area contributed by atoms with Crippen LogP contribution in [0.3, 0.4) is 0 Å². The molecule has 0 saturated carbocycles. The van der Waals surface area contributed by atoms with Crippen LogP contribution in [0.5, 0.6) is 0 Å². The Kier molecular flexibility index (Phi) is 6.77. The Morgan fingerprint density at radius 3 is 2.51 bits per heavy atom. The number of rotatable bonds is 7. The Labute approximate surface area is 204 Å². The largest absolute Gasteiger partial charge is 0.445 e. The molecule has 9 heteroatoms. The minimum Gasteiger partial charge on any atom is -0.445 e. The number of likely N-dealkylation sites (tertiary alicyclic amines) is 1. The molecule has 1 saturated heterocycles. The molecule has 1 spiro atoms. The third-order valence-corrected chi connectivity index (χ3v) is 6.61. The highest BCUT2D eigenvalue weighted by atomic mass is 16.5. The highest BCUT2D eigenvalue weighted by Gasteiger charge is 2.57. The van der Waals surface area contributed by atoms with Crippen LogP contribution in [0.2, 0.25) is 0 Å². The fraction of sp³-hybridized carbons (Fsp3) is 0.385. The van der Waals surface area contributed by atoms with Gasteiger partial charge in [-0.15, -0.1) is 0 Å². The number of nitrogens with one attached hydrogen (secondary N) is 2. The fourth-order valence-electron chi connectivity index (χ4n) is 4.92. The Hall–Kier alpha value is -3.88. The van der Waals surface area contributed by atoms with E-state index in [1.165, 1.54) is 4.90 Å². The second-order valence-corrected chi connectivity index (χ2v) is 9.56. The number of nitrogens with zero attached hydrogens (tertiary/aromatic N) is 1. The molecule has 35 heavy (non-hydrogen) atoms. The van der Waals surface area contributed by atoms with Crippen LogP contribution in [0.25, 0.3) is 0 Å². The van der Waals surface area contributed by atoms with Crippen LogP contribution in [-0.2, 0) is 31.1 Å². The summed E-state index contributed by atoms with van der Waals surface area (Å²) in [6.07, 6.45) is -0.317. The second-order valence-electron chi connectivity index (χ2n) is 9.56. The maximum absolute atomic E-state index is 13.7. The first kappa shape index (κ1) is 24.3. The zero-order valence-electron chi connectivity index (χ0n) is 19.8. The summed E-state index contributed by atoms with van der Waals surface area (Å²) < 4.78 is 5.31. The molecule has 0 aromatic heterocycles. The lowest BCUT2D eigenvalue weighted by molar-refractivity contribution is -0.139. The summed E-state index contributed by atoms with van der Waals surface area (Å²) in [7, 11) is 0. The van der Waals surface area contributed by atoms with Gasteiger partial charge in [-0.25, -0.2) is 4.79 Å². The normalized spacial score (nSPS) is 21.5. The third kappa shape index (κ3) is 4.84. The van der Waals surface area contributed by atoms with Gasteiger partial charge in [0.25, 0.3) is 0 Å². The number of alkyl carbamates (subject to hydrolysis) is 1. The molecule has 184 valence electrons. The zero-order chi connectivity index (χ0) is 25.2. The molecule has 4 amide bonds.